The summed E-state index contributed by atoms with van der Waals surface area (Å²) >= 11 is 0. The van der Waals surface area contributed by atoms with Gasteiger partial charge in [-0.05, 0) is 36.8 Å². The van der Waals surface area contributed by atoms with Crippen molar-refractivity contribution in [2.75, 3.05) is 10.6 Å². The van der Waals surface area contributed by atoms with Gasteiger partial charge in [-0.3, -0.25) is 9.59 Å². The lowest BCUT2D eigenvalue weighted by molar-refractivity contribution is -0.133. The third-order valence-electron chi connectivity index (χ3n) is 2.68. The van der Waals surface area contributed by atoms with E-state index in [1.165, 1.54) is 18.2 Å². The maximum Gasteiger partial charge on any atom is 0.314 e. The number of carbonyl (C=O) groups is 2. The molecule has 2 aromatic carbocycles. The number of halogens is 1. The van der Waals surface area contributed by atoms with Crippen LogP contribution in [0, 0.1) is 12.7 Å². The summed E-state index contributed by atoms with van der Waals surface area (Å²) in [5.41, 5.74) is 1.64. The first-order valence-electron chi connectivity index (χ1n) is 6.00. The van der Waals surface area contributed by atoms with Crippen molar-refractivity contribution in [3.63, 3.8) is 0 Å². The Bertz CT molecular complexity index is 656. The van der Waals surface area contributed by atoms with Gasteiger partial charge in [0.1, 0.15) is 5.82 Å². The van der Waals surface area contributed by atoms with Gasteiger partial charge < -0.3 is 10.6 Å². The largest absolute Gasteiger partial charge is 0.318 e. The van der Waals surface area contributed by atoms with Gasteiger partial charge in [0.25, 0.3) is 0 Å². The summed E-state index contributed by atoms with van der Waals surface area (Å²) < 4.78 is 13.0. The number of hydrogen-bond donors (Lipinski definition) is 2. The van der Waals surface area contributed by atoms with E-state index in [0.717, 1.165) is 11.6 Å². The van der Waals surface area contributed by atoms with Crippen molar-refractivity contribution >= 4 is 23.2 Å². The molecule has 0 fully saturated rings. The van der Waals surface area contributed by atoms with E-state index in [1.54, 1.807) is 12.1 Å². The summed E-state index contributed by atoms with van der Waals surface area (Å²) in [4.78, 5) is 23.4. The molecule has 0 atom stereocenters. The number of aryl methyl sites for hydroxylation is 1. The third kappa shape index (κ3) is 3.41. The standard InChI is InChI=1S/C15H13FN2O2/c1-10-5-2-3-8-13(10)18-15(20)14(19)17-12-7-4-6-11(16)9-12/h2-9H,1H3,(H,17,19)(H,18,20). The van der Waals surface area contributed by atoms with E-state index >= 15 is 0 Å². The molecule has 4 nitrogen and oxygen atoms in total. The van der Waals surface area contributed by atoms with Crippen LogP contribution >= 0.6 is 0 Å². The summed E-state index contributed by atoms with van der Waals surface area (Å²) in [7, 11) is 0. The van der Waals surface area contributed by atoms with Gasteiger partial charge in [-0.25, -0.2) is 4.39 Å². The van der Waals surface area contributed by atoms with E-state index in [2.05, 4.69) is 10.6 Å². The fourth-order valence-corrected chi connectivity index (χ4v) is 1.65. The highest BCUT2D eigenvalue weighted by atomic mass is 19.1. The van der Waals surface area contributed by atoms with Crippen molar-refractivity contribution in [2.24, 2.45) is 0 Å². The molecule has 2 N–H and O–H groups in total. The Kier molecular flexibility index (Phi) is 4.10. The Balaban J connectivity index is 2.03. The molecule has 0 aliphatic rings. The molecule has 0 spiro atoms. The Morgan fingerprint density at radius 2 is 1.65 bits per heavy atom. The Labute approximate surface area is 115 Å². The van der Waals surface area contributed by atoms with Crippen LogP contribution in [0.15, 0.2) is 48.5 Å². The fourth-order valence-electron chi connectivity index (χ4n) is 1.65. The van der Waals surface area contributed by atoms with Crippen LogP contribution in [0.1, 0.15) is 5.56 Å². The first-order valence-corrected chi connectivity index (χ1v) is 6.00. The summed E-state index contributed by atoms with van der Waals surface area (Å²) in [5, 5.41) is 4.83. The van der Waals surface area contributed by atoms with Gasteiger partial charge in [0.2, 0.25) is 0 Å². The normalized spacial score (nSPS) is 9.90. The van der Waals surface area contributed by atoms with Crippen LogP contribution < -0.4 is 10.6 Å². The Hall–Kier alpha value is -2.69. The molecular weight excluding hydrogens is 259 g/mol. The molecule has 5 heteroatoms. The van der Waals surface area contributed by atoms with Crippen LogP contribution in [-0.4, -0.2) is 11.8 Å². The minimum atomic E-state index is -0.848. The van der Waals surface area contributed by atoms with Gasteiger partial charge in [-0.15, -0.1) is 0 Å². The molecule has 0 saturated carbocycles. The number of anilines is 2. The van der Waals surface area contributed by atoms with E-state index in [4.69, 9.17) is 0 Å². The average molecular weight is 272 g/mol. The molecule has 0 aliphatic carbocycles. The molecule has 0 aromatic heterocycles. The van der Waals surface area contributed by atoms with Crippen LogP contribution in [0.2, 0.25) is 0 Å². The quantitative estimate of drug-likeness (QED) is 0.826. The zero-order valence-electron chi connectivity index (χ0n) is 10.8. The lowest BCUT2D eigenvalue weighted by Gasteiger charge is -2.08. The van der Waals surface area contributed by atoms with Crippen molar-refractivity contribution in [3.8, 4) is 0 Å². The van der Waals surface area contributed by atoms with Gasteiger partial charge in [0.15, 0.2) is 0 Å². The van der Waals surface area contributed by atoms with Gasteiger partial charge in [-0.1, -0.05) is 24.3 Å². The maximum absolute atomic E-state index is 13.0. The first-order chi connectivity index (χ1) is 9.56. The van der Waals surface area contributed by atoms with Crippen molar-refractivity contribution in [1.82, 2.24) is 0 Å². The van der Waals surface area contributed by atoms with E-state index in [9.17, 15) is 14.0 Å². The van der Waals surface area contributed by atoms with Gasteiger partial charge in [0.05, 0.1) is 0 Å². The van der Waals surface area contributed by atoms with Crippen LogP contribution in [-0.2, 0) is 9.59 Å². The molecule has 20 heavy (non-hydrogen) atoms. The number of hydrogen-bond acceptors (Lipinski definition) is 2. The van der Waals surface area contributed by atoms with Crippen molar-refractivity contribution < 1.29 is 14.0 Å². The smallest absolute Gasteiger partial charge is 0.314 e. The SMILES string of the molecule is Cc1ccccc1NC(=O)C(=O)Nc1cccc(F)c1. The summed E-state index contributed by atoms with van der Waals surface area (Å²) in [6, 6.07) is 12.4. The topological polar surface area (TPSA) is 58.2 Å². The number of amides is 2. The predicted molar refractivity (Wildman–Crippen MR) is 74.8 cm³/mol. The van der Waals surface area contributed by atoms with E-state index < -0.39 is 17.6 Å². The first kappa shape index (κ1) is 13.7. The van der Waals surface area contributed by atoms with Crippen LogP contribution in [0.5, 0.6) is 0 Å². The number of rotatable bonds is 2. The van der Waals surface area contributed by atoms with E-state index in [1.807, 2.05) is 19.1 Å². The molecular formula is C15H13FN2O2. The highest BCUT2D eigenvalue weighted by molar-refractivity contribution is 6.43. The molecule has 0 radical (unpaired) electrons. The maximum atomic E-state index is 13.0. The van der Waals surface area contributed by atoms with Gasteiger partial charge >= 0.3 is 11.8 Å². The number of nitrogens with one attached hydrogen (secondary N) is 2. The summed E-state index contributed by atoms with van der Waals surface area (Å²) in [6.45, 7) is 1.82. The van der Waals surface area contributed by atoms with Crippen molar-refractivity contribution in [2.45, 2.75) is 6.92 Å². The molecule has 0 aliphatic heterocycles. The highest BCUT2D eigenvalue weighted by Crippen LogP contribution is 2.13. The van der Waals surface area contributed by atoms with Crippen molar-refractivity contribution in [3.05, 3.63) is 59.9 Å². The average Bonchev–Trinajstić information content (AvgIpc) is 2.41. The summed E-state index contributed by atoms with van der Waals surface area (Å²) in [6.07, 6.45) is 0. The number of para-hydroxylation sites is 1. The molecule has 2 rings (SSSR count). The third-order valence-corrected chi connectivity index (χ3v) is 2.68. The zero-order valence-corrected chi connectivity index (χ0v) is 10.8. The molecule has 2 amide bonds. The molecule has 102 valence electrons. The molecule has 2 aromatic rings. The van der Waals surface area contributed by atoms with E-state index in [-0.39, 0.29) is 5.69 Å². The molecule has 0 bridgehead atoms. The van der Waals surface area contributed by atoms with E-state index in [0.29, 0.717) is 5.69 Å². The van der Waals surface area contributed by atoms with Gasteiger partial charge in [0, 0.05) is 11.4 Å². The molecule has 0 unspecified atom stereocenters. The number of benzene rings is 2. The molecule has 0 saturated heterocycles. The van der Waals surface area contributed by atoms with Gasteiger partial charge in [-0.2, -0.15) is 0 Å². The Morgan fingerprint density at radius 1 is 0.950 bits per heavy atom. The second-order valence-corrected chi connectivity index (χ2v) is 4.23. The second-order valence-electron chi connectivity index (χ2n) is 4.23. The Morgan fingerprint density at radius 3 is 2.35 bits per heavy atom. The molecule has 0 heterocycles. The number of carbonyl (C=O) groups excluding carboxylic acids is 2. The second kappa shape index (κ2) is 5.97. The lowest BCUT2D eigenvalue weighted by atomic mass is 10.2. The fraction of sp³-hybridized carbons (Fsp3) is 0.0667. The highest BCUT2D eigenvalue weighted by Gasteiger charge is 2.14. The van der Waals surface area contributed by atoms with Crippen LogP contribution in [0.4, 0.5) is 15.8 Å². The lowest BCUT2D eigenvalue weighted by Crippen LogP contribution is -2.29. The minimum absolute atomic E-state index is 0.231. The summed E-state index contributed by atoms with van der Waals surface area (Å²) in [5.74, 6) is -2.13. The minimum Gasteiger partial charge on any atom is -0.318 e. The monoisotopic (exact) mass is 272 g/mol. The van der Waals surface area contributed by atoms with Crippen LogP contribution in [0.25, 0.3) is 0 Å². The van der Waals surface area contributed by atoms with Crippen LogP contribution in [0.3, 0.4) is 0 Å². The van der Waals surface area contributed by atoms with Crippen molar-refractivity contribution in [1.29, 1.82) is 0 Å². The predicted octanol–water partition coefficient (Wildman–Crippen LogP) is 2.71. The zero-order chi connectivity index (χ0) is 14.5.